The highest BCUT2D eigenvalue weighted by Gasteiger charge is 2.15. The lowest BCUT2D eigenvalue weighted by atomic mass is 10.1. The average molecular weight is 353 g/mol. The minimum Gasteiger partial charge on any atom is -0.393 e. The van der Waals surface area contributed by atoms with E-state index in [-0.39, 0.29) is 0 Å². The number of pyridine rings is 1. The molecule has 1 aromatic carbocycles. The highest BCUT2D eigenvalue weighted by molar-refractivity contribution is 7.19. The van der Waals surface area contributed by atoms with Crippen LogP contribution in [0.15, 0.2) is 54.7 Å². The molecule has 3 rings (SSSR count). The van der Waals surface area contributed by atoms with Crippen molar-refractivity contribution < 1.29 is 9.90 Å². The van der Waals surface area contributed by atoms with Gasteiger partial charge < -0.3 is 16.2 Å². The third-order valence-corrected chi connectivity index (χ3v) is 4.75. The number of amides is 1. The monoisotopic (exact) mass is 353 g/mol. The Bertz CT molecular complexity index is 858. The first-order valence-corrected chi connectivity index (χ1v) is 8.73. The van der Waals surface area contributed by atoms with Crippen LogP contribution in [0, 0.1) is 0 Å². The second kappa shape index (κ2) is 7.46. The Morgan fingerprint density at radius 1 is 1.28 bits per heavy atom. The molecular weight excluding hydrogens is 334 g/mol. The van der Waals surface area contributed by atoms with Crippen LogP contribution in [0.1, 0.15) is 22.8 Å². The summed E-state index contributed by atoms with van der Waals surface area (Å²) in [6, 6.07) is 15.4. The minimum atomic E-state index is -0.480. The van der Waals surface area contributed by atoms with Crippen molar-refractivity contribution in [3.05, 3.63) is 65.9 Å². The van der Waals surface area contributed by atoms with Gasteiger partial charge in [-0.15, -0.1) is 11.3 Å². The van der Waals surface area contributed by atoms with E-state index in [0.29, 0.717) is 22.8 Å². The van der Waals surface area contributed by atoms with E-state index in [4.69, 9.17) is 5.73 Å². The number of aliphatic hydroxyl groups excluding tert-OH is 1. The van der Waals surface area contributed by atoms with Gasteiger partial charge in [0.05, 0.1) is 11.7 Å². The number of aliphatic hydroxyl groups is 1. The second-order valence-corrected chi connectivity index (χ2v) is 6.87. The maximum Gasteiger partial charge on any atom is 0.251 e. The van der Waals surface area contributed by atoms with Gasteiger partial charge in [0.1, 0.15) is 10.8 Å². The van der Waals surface area contributed by atoms with E-state index in [1.54, 1.807) is 19.2 Å². The van der Waals surface area contributed by atoms with Crippen molar-refractivity contribution in [2.75, 3.05) is 5.32 Å². The fourth-order valence-electron chi connectivity index (χ4n) is 2.49. The molecule has 4 N–H and O–H groups in total. The molecule has 1 atom stereocenters. The highest BCUT2D eigenvalue weighted by atomic mass is 32.1. The van der Waals surface area contributed by atoms with Crippen LogP contribution in [0.25, 0.3) is 10.4 Å². The normalized spacial score (nSPS) is 11.9. The molecule has 128 valence electrons. The summed E-state index contributed by atoms with van der Waals surface area (Å²) in [7, 11) is 0. The van der Waals surface area contributed by atoms with Gasteiger partial charge in [0, 0.05) is 11.1 Å². The smallest absolute Gasteiger partial charge is 0.251 e. The fraction of sp³-hybridized carbons (Fsp3) is 0.158. The molecule has 1 unspecified atom stereocenters. The summed E-state index contributed by atoms with van der Waals surface area (Å²) in [5.74, 6) is 0.143. The summed E-state index contributed by atoms with van der Waals surface area (Å²) in [5, 5.41) is 13.3. The first kappa shape index (κ1) is 17.1. The molecule has 0 aliphatic carbocycles. The van der Waals surface area contributed by atoms with E-state index >= 15 is 0 Å². The zero-order valence-corrected chi connectivity index (χ0v) is 14.6. The van der Waals surface area contributed by atoms with Crippen LogP contribution < -0.4 is 11.1 Å². The van der Waals surface area contributed by atoms with Crippen LogP contribution in [0.5, 0.6) is 0 Å². The Morgan fingerprint density at radius 2 is 2.04 bits per heavy atom. The molecule has 0 aliphatic rings. The summed E-state index contributed by atoms with van der Waals surface area (Å²) in [5.41, 5.74) is 7.94. The number of hydrogen-bond donors (Lipinski definition) is 3. The summed E-state index contributed by atoms with van der Waals surface area (Å²) < 4.78 is 0. The van der Waals surface area contributed by atoms with Crippen molar-refractivity contribution >= 4 is 28.1 Å². The molecule has 2 heterocycles. The van der Waals surface area contributed by atoms with Crippen molar-refractivity contribution in [1.29, 1.82) is 0 Å². The van der Waals surface area contributed by atoms with Crippen molar-refractivity contribution in [3.63, 3.8) is 0 Å². The molecule has 25 heavy (non-hydrogen) atoms. The molecule has 0 saturated carbocycles. The lowest BCUT2D eigenvalue weighted by Crippen LogP contribution is -2.11. The van der Waals surface area contributed by atoms with Crippen LogP contribution >= 0.6 is 11.3 Å². The van der Waals surface area contributed by atoms with Crippen LogP contribution in [-0.4, -0.2) is 22.1 Å². The zero-order chi connectivity index (χ0) is 17.8. The number of nitrogens with zero attached hydrogens (tertiary/aromatic N) is 1. The average Bonchev–Trinajstić information content (AvgIpc) is 3.01. The van der Waals surface area contributed by atoms with Crippen LogP contribution in [0.2, 0.25) is 0 Å². The molecule has 0 saturated heterocycles. The van der Waals surface area contributed by atoms with Gasteiger partial charge in [-0.1, -0.05) is 36.4 Å². The summed E-state index contributed by atoms with van der Waals surface area (Å²) in [6.45, 7) is 1.74. The Kier molecular flexibility index (Phi) is 5.11. The predicted octanol–water partition coefficient (Wildman–Crippen LogP) is 3.58. The molecule has 0 aliphatic heterocycles. The Balaban J connectivity index is 1.86. The number of carbonyl (C=O) groups excluding carboxylic acids is 1. The molecule has 2 aromatic heterocycles. The SMILES string of the molecule is CC(O)Cc1ccc(Nc2sc(-c3ccccc3)cc2C(N)=O)nc1. The van der Waals surface area contributed by atoms with Gasteiger partial charge in [-0.05, 0) is 36.6 Å². The summed E-state index contributed by atoms with van der Waals surface area (Å²) >= 11 is 1.46. The number of primary amides is 1. The molecular formula is C19H19N3O2S. The van der Waals surface area contributed by atoms with E-state index in [2.05, 4.69) is 10.3 Å². The van der Waals surface area contributed by atoms with Gasteiger partial charge in [0.25, 0.3) is 5.91 Å². The van der Waals surface area contributed by atoms with E-state index in [0.717, 1.165) is 16.0 Å². The van der Waals surface area contributed by atoms with Crippen molar-refractivity contribution in [2.24, 2.45) is 5.73 Å². The van der Waals surface area contributed by atoms with Gasteiger partial charge in [0.15, 0.2) is 0 Å². The van der Waals surface area contributed by atoms with E-state index in [1.807, 2.05) is 42.5 Å². The zero-order valence-electron chi connectivity index (χ0n) is 13.8. The van der Waals surface area contributed by atoms with E-state index in [9.17, 15) is 9.90 Å². The number of thiophene rings is 1. The molecule has 0 spiro atoms. The van der Waals surface area contributed by atoms with Gasteiger partial charge in [-0.3, -0.25) is 4.79 Å². The van der Waals surface area contributed by atoms with Gasteiger partial charge in [0.2, 0.25) is 0 Å². The third-order valence-electron chi connectivity index (χ3n) is 3.65. The number of benzene rings is 1. The van der Waals surface area contributed by atoms with Gasteiger partial charge >= 0.3 is 0 Å². The Hall–Kier alpha value is -2.70. The molecule has 6 heteroatoms. The Morgan fingerprint density at radius 3 is 2.64 bits per heavy atom. The first-order valence-electron chi connectivity index (χ1n) is 7.92. The maximum atomic E-state index is 11.8. The molecule has 1 amide bonds. The van der Waals surface area contributed by atoms with Crippen molar-refractivity contribution in [3.8, 4) is 10.4 Å². The van der Waals surface area contributed by atoms with Crippen LogP contribution in [0.3, 0.4) is 0 Å². The quantitative estimate of drug-likeness (QED) is 0.632. The van der Waals surface area contributed by atoms with Gasteiger partial charge in [-0.2, -0.15) is 0 Å². The number of nitrogens with one attached hydrogen (secondary N) is 1. The van der Waals surface area contributed by atoms with E-state index < -0.39 is 12.0 Å². The maximum absolute atomic E-state index is 11.8. The lowest BCUT2D eigenvalue weighted by molar-refractivity contribution is 0.100. The number of carbonyl (C=O) groups is 1. The number of aromatic nitrogens is 1. The number of hydrogen-bond acceptors (Lipinski definition) is 5. The minimum absolute atomic E-state index is 0.409. The Labute approximate surface area is 150 Å². The van der Waals surface area contributed by atoms with Crippen LogP contribution in [0.4, 0.5) is 10.8 Å². The number of anilines is 2. The standard InChI is InChI=1S/C19H19N3O2S/c1-12(23)9-13-7-8-17(21-11-13)22-19-15(18(20)24)10-16(25-19)14-5-3-2-4-6-14/h2-8,10-12,23H,9H2,1H3,(H2,20,24)(H,21,22). The fourth-order valence-corrected chi connectivity index (χ4v) is 3.56. The first-order chi connectivity index (χ1) is 12.0. The molecule has 0 radical (unpaired) electrons. The predicted molar refractivity (Wildman–Crippen MR) is 101 cm³/mol. The largest absolute Gasteiger partial charge is 0.393 e. The number of rotatable bonds is 6. The van der Waals surface area contributed by atoms with E-state index in [1.165, 1.54) is 11.3 Å². The number of nitrogens with two attached hydrogens (primary N) is 1. The van der Waals surface area contributed by atoms with Crippen molar-refractivity contribution in [1.82, 2.24) is 4.98 Å². The third kappa shape index (κ3) is 4.23. The second-order valence-electron chi connectivity index (χ2n) is 5.81. The summed E-state index contributed by atoms with van der Waals surface area (Å²) in [6.07, 6.45) is 1.86. The molecule has 3 aromatic rings. The summed E-state index contributed by atoms with van der Waals surface area (Å²) in [4.78, 5) is 17.1. The molecule has 0 bridgehead atoms. The van der Waals surface area contributed by atoms with Crippen molar-refractivity contribution in [2.45, 2.75) is 19.4 Å². The molecule has 0 fully saturated rings. The highest BCUT2D eigenvalue weighted by Crippen LogP contribution is 2.36. The van der Waals surface area contributed by atoms with Crippen LogP contribution in [-0.2, 0) is 6.42 Å². The topological polar surface area (TPSA) is 88.2 Å². The molecule has 5 nitrogen and oxygen atoms in total. The van der Waals surface area contributed by atoms with Gasteiger partial charge in [-0.25, -0.2) is 4.98 Å². The lowest BCUT2D eigenvalue weighted by Gasteiger charge is -2.07.